The van der Waals surface area contributed by atoms with Crippen LogP contribution in [0.4, 0.5) is 0 Å². The van der Waals surface area contributed by atoms with Crippen LogP contribution < -0.4 is 5.32 Å². The molecule has 3 nitrogen and oxygen atoms in total. The second kappa shape index (κ2) is 8.13. The standard InChI is InChI=1S/C15H33N3/c1-6-18-8-7-17(12-15(18)5)11-14(4)10-16-9-13(2)3/h13-16H,6-12H2,1-5H3. The summed E-state index contributed by atoms with van der Waals surface area (Å²) in [6, 6.07) is 0.722. The summed E-state index contributed by atoms with van der Waals surface area (Å²) in [5.74, 6) is 1.51. The molecule has 0 aromatic carbocycles. The van der Waals surface area contributed by atoms with Crippen molar-refractivity contribution in [2.45, 2.75) is 40.7 Å². The molecule has 1 rings (SSSR count). The Hall–Kier alpha value is -0.120. The molecule has 1 aliphatic rings. The minimum absolute atomic E-state index is 0.722. The van der Waals surface area contributed by atoms with E-state index in [2.05, 4.69) is 49.7 Å². The Morgan fingerprint density at radius 3 is 2.44 bits per heavy atom. The highest BCUT2D eigenvalue weighted by molar-refractivity contribution is 4.79. The smallest absolute Gasteiger partial charge is 0.0195 e. The maximum atomic E-state index is 3.57. The first kappa shape index (κ1) is 15.9. The predicted molar refractivity (Wildman–Crippen MR) is 80.0 cm³/mol. The normalized spacial score (nSPS) is 24.7. The van der Waals surface area contributed by atoms with Gasteiger partial charge in [0.15, 0.2) is 0 Å². The molecule has 2 atom stereocenters. The predicted octanol–water partition coefficient (Wildman–Crippen LogP) is 1.89. The lowest BCUT2D eigenvalue weighted by atomic mass is 10.1. The van der Waals surface area contributed by atoms with Gasteiger partial charge in [-0.3, -0.25) is 4.90 Å². The van der Waals surface area contributed by atoms with Crippen molar-refractivity contribution in [2.24, 2.45) is 11.8 Å². The van der Waals surface area contributed by atoms with E-state index in [1.54, 1.807) is 0 Å². The van der Waals surface area contributed by atoms with E-state index in [1.807, 2.05) is 0 Å². The van der Waals surface area contributed by atoms with E-state index in [0.717, 1.165) is 31.0 Å². The van der Waals surface area contributed by atoms with Gasteiger partial charge in [-0.2, -0.15) is 0 Å². The molecule has 1 aliphatic heterocycles. The van der Waals surface area contributed by atoms with Crippen LogP contribution in [0.2, 0.25) is 0 Å². The Balaban J connectivity index is 2.18. The summed E-state index contributed by atoms with van der Waals surface area (Å²) < 4.78 is 0. The lowest BCUT2D eigenvalue weighted by Gasteiger charge is -2.40. The number of nitrogens with zero attached hydrogens (tertiary/aromatic N) is 2. The van der Waals surface area contributed by atoms with Crippen LogP contribution in [0.15, 0.2) is 0 Å². The molecule has 3 heteroatoms. The first-order valence-corrected chi connectivity index (χ1v) is 7.70. The lowest BCUT2D eigenvalue weighted by molar-refractivity contribution is 0.0787. The third-order valence-corrected chi connectivity index (χ3v) is 3.87. The van der Waals surface area contributed by atoms with Gasteiger partial charge in [-0.25, -0.2) is 0 Å². The minimum Gasteiger partial charge on any atom is -0.316 e. The monoisotopic (exact) mass is 255 g/mol. The van der Waals surface area contributed by atoms with Crippen LogP contribution in [0.5, 0.6) is 0 Å². The fourth-order valence-corrected chi connectivity index (χ4v) is 2.83. The third kappa shape index (κ3) is 5.68. The number of piperazine rings is 1. The number of hydrogen-bond acceptors (Lipinski definition) is 3. The highest BCUT2D eigenvalue weighted by Crippen LogP contribution is 2.10. The summed E-state index contributed by atoms with van der Waals surface area (Å²) in [5, 5.41) is 3.57. The fourth-order valence-electron chi connectivity index (χ4n) is 2.83. The van der Waals surface area contributed by atoms with Gasteiger partial charge in [0.1, 0.15) is 0 Å². The Morgan fingerprint density at radius 1 is 1.17 bits per heavy atom. The van der Waals surface area contributed by atoms with Crippen LogP contribution in [-0.4, -0.2) is 61.7 Å². The van der Waals surface area contributed by atoms with Gasteiger partial charge in [0.25, 0.3) is 0 Å². The highest BCUT2D eigenvalue weighted by atomic mass is 15.3. The van der Waals surface area contributed by atoms with E-state index in [9.17, 15) is 0 Å². The molecule has 0 bridgehead atoms. The zero-order valence-electron chi connectivity index (χ0n) is 13.1. The van der Waals surface area contributed by atoms with Gasteiger partial charge >= 0.3 is 0 Å². The second-order valence-corrected chi connectivity index (χ2v) is 6.39. The van der Waals surface area contributed by atoms with E-state index in [0.29, 0.717) is 0 Å². The Bertz CT molecular complexity index is 218. The molecule has 1 saturated heterocycles. The zero-order valence-corrected chi connectivity index (χ0v) is 13.1. The van der Waals surface area contributed by atoms with Gasteiger partial charge in [0, 0.05) is 32.2 Å². The number of hydrogen-bond donors (Lipinski definition) is 1. The molecule has 0 radical (unpaired) electrons. The van der Waals surface area contributed by atoms with Crippen molar-refractivity contribution in [1.29, 1.82) is 0 Å². The average molecular weight is 255 g/mol. The van der Waals surface area contributed by atoms with Gasteiger partial charge in [-0.1, -0.05) is 27.7 Å². The second-order valence-electron chi connectivity index (χ2n) is 6.39. The van der Waals surface area contributed by atoms with E-state index in [1.165, 1.54) is 32.7 Å². The molecule has 0 amide bonds. The summed E-state index contributed by atoms with van der Waals surface area (Å²) >= 11 is 0. The van der Waals surface area contributed by atoms with Crippen molar-refractivity contribution in [2.75, 3.05) is 45.8 Å². The quantitative estimate of drug-likeness (QED) is 0.749. The van der Waals surface area contributed by atoms with Crippen molar-refractivity contribution < 1.29 is 0 Å². The lowest BCUT2D eigenvalue weighted by Crippen LogP contribution is -2.52. The number of nitrogens with one attached hydrogen (secondary N) is 1. The van der Waals surface area contributed by atoms with Crippen LogP contribution in [0.1, 0.15) is 34.6 Å². The Morgan fingerprint density at radius 2 is 1.89 bits per heavy atom. The van der Waals surface area contributed by atoms with Crippen LogP contribution >= 0.6 is 0 Å². The van der Waals surface area contributed by atoms with E-state index >= 15 is 0 Å². The Kier molecular flexibility index (Phi) is 7.20. The molecule has 0 spiro atoms. The van der Waals surface area contributed by atoms with Crippen LogP contribution in [0.3, 0.4) is 0 Å². The molecule has 0 aromatic heterocycles. The van der Waals surface area contributed by atoms with Gasteiger partial charge in [-0.15, -0.1) is 0 Å². The molecular formula is C15H33N3. The first-order chi connectivity index (χ1) is 8.52. The molecule has 1 N–H and O–H groups in total. The zero-order chi connectivity index (χ0) is 13.5. The number of rotatable bonds is 7. The maximum Gasteiger partial charge on any atom is 0.0195 e. The largest absolute Gasteiger partial charge is 0.316 e. The summed E-state index contributed by atoms with van der Waals surface area (Å²) in [5.41, 5.74) is 0. The van der Waals surface area contributed by atoms with Crippen molar-refractivity contribution >= 4 is 0 Å². The Labute approximate surface area is 114 Å². The van der Waals surface area contributed by atoms with Gasteiger partial charge < -0.3 is 10.2 Å². The van der Waals surface area contributed by atoms with E-state index in [-0.39, 0.29) is 0 Å². The topological polar surface area (TPSA) is 18.5 Å². The summed E-state index contributed by atoms with van der Waals surface area (Å²) in [4.78, 5) is 5.22. The SMILES string of the molecule is CCN1CCN(CC(C)CNCC(C)C)CC1C. The van der Waals surface area contributed by atoms with E-state index < -0.39 is 0 Å². The molecule has 108 valence electrons. The van der Waals surface area contributed by atoms with Gasteiger partial charge in [0.05, 0.1) is 0 Å². The van der Waals surface area contributed by atoms with Gasteiger partial charge in [0.2, 0.25) is 0 Å². The molecular weight excluding hydrogens is 222 g/mol. The molecule has 0 saturated carbocycles. The van der Waals surface area contributed by atoms with Crippen molar-refractivity contribution in [3.05, 3.63) is 0 Å². The van der Waals surface area contributed by atoms with Gasteiger partial charge in [-0.05, 0) is 38.4 Å². The molecule has 18 heavy (non-hydrogen) atoms. The molecule has 1 heterocycles. The summed E-state index contributed by atoms with van der Waals surface area (Å²) in [7, 11) is 0. The van der Waals surface area contributed by atoms with E-state index in [4.69, 9.17) is 0 Å². The molecule has 2 unspecified atom stereocenters. The summed E-state index contributed by atoms with van der Waals surface area (Å²) in [6.07, 6.45) is 0. The maximum absolute atomic E-state index is 3.57. The fraction of sp³-hybridized carbons (Fsp3) is 1.00. The third-order valence-electron chi connectivity index (χ3n) is 3.87. The van der Waals surface area contributed by atoms with Crippen molar-refractivity contribution in [3.8, 4) is 0 Å². The molecule has 0 aromatic rings. The van der Waals surface area contributed by atoms with Crippen LogP contribution in [-0.2, 0) is 0 Å². The van der Waals surface area contributed by atoms with Crippen molar-refractivity contribution in [3.63, 3.8) is 0 Å². The average Bonchev–Trinajstić information content (AvgIpc) is 2.28. The summed E-state index contributed by atoms with van der Waals surface area (Å²) in [6.45, 7) is 20.0. The minimum atomic E-state index is 0.722. The van der Waals surface area contributed by atoms with Crippen LogP contribution in [0.25, 0.3) is 0 Å². The molecule has 0 aliphatic carbocycles. The first-order valence-electron chi connectivity index (χ1n) is 7.70. The number of likely N-dealkylation sites (N-methyl/N-ethyl adjacent to an activating group) is 1. The van der Waals surface area contributed by atoms with Crippen LogP contribution in [0, 0.1) is 11.8 Å². The van der Waals surface area contributed by atoms with Crippen molar-refractivity contribution in [1.82, 2.24) is 15.1 Å². The highest BCUT2D eigenvalue weighted by Gasteiger charge is 2.22. The molecule has 1 fully saturated rings.